The van der Waals surface area contributed by atoms with Gasteiger partial charge in [0.1, 0.15) is 11.5 Å². The molecule has 1 rings (SSSR count). The number of nitrogen functional groups attached to an aromatic ring is 1. The summed E-state index contributed by atoms with van der Waals surface area (Å²) < 4.78 is 0. The summed E-state index contributed by atoms with van der Waals surface area (Å²) in [6.07, 6.45) is 0. The van der Waals surface area contributed by atoms with E-state index in [9.17, 15) is 15.0 Å². The third kappa shape index (κ3) is 1.56. The standard InChI is InChI=1S/C9H11NO4/c1-4(9(13)14)7-5(11)2-3-6(12)8(7)10/h2-4,11-12H,10H2,1H3,(H,13,14). The van der Waals surface area contributed by atoms with Gasteiger partial charge in [-0.2, -0.15) is 0 Å². The molecule has 0 aliphatic carbocycles. The number of aliphatic carboxylic acids is 1. The number of benzene rings is 1. The number of rotatable bonds is 2. The number of nitrogens with two attached hydrogens (primary N) is 1. The predicted molar refractivity (Wildman–Crippen MR) is 50.2 cm³/mol. The van der Waals surface area contributed by atoms with Crippen LogP contribution in [0.25, 0.3) is 0 Å². The Labute approximate surface area is 80.4 Å². The van der Waals surface area contributed by atoms with Crippen LogP contribution in [0.4, 0.5) is 5.69 Å². The van der Waals surface area contributed by atoms with Crippen molar-refractivity contribution in [1.29, 1.82) is 0 Å². The molecule has 1 aromatic carbocycles. The molecular formula is C9H11NO4. The molecule has 0 radical (unpaired) electrons. The van der Waals surface area contributed by atoms with Crippen molar-refractivity contribution in [3.63, 3.8) is 0 Å². The highest BCUT2D eigenvalue weighted by atomic mass is 16.4. The normalized spacial score (nSPS) is 12.4. The van der Waals surface area contributed by atoms with E-state index in [4.69, 9.17) is 10.8 Å². The van der Waals surface area contributed by atoms with Gasteiger partial charge in [0.05, 0.1) is 11.6 Å². The van der Waals surface area contributed by atoms with E-state index in [-0.39, 0.29) is 22.7 Å². The highest BCUT2D eigenvalue weighted by Crippen LogP contribution is 2.36. The van der Waals surface area contributed by atoms with Crippen LogP contribution in [-0.4, -0.2) is 21.3 Å². The summed E-state index contributed by atoms with van der Waals surface area (Å²) in [6, 6.07) is 2.42. The molecule has 1 aromatic rings. The fraction of sp³-hybridized carbons (Fsp3) is 0.222. The van der Waals surface area contributed by atoms with Crippen molar-refractivity contribution in [2.45, 2.75) is 12.8 Å². The summed E-state index contributed by atoms with van der Waals surface area (Å²) in [5.74, 6) is -2.53. The fourth-order valence-electron chi connectivity index (χ4n) is 1.19. The van der Waals surface area contributed by atoms with E-state index in [1.165, 1.54) is 19.1 Å². The third-order valence-electron chi connectivity index (χ3n) is 2.04. The molecule has 5 N–H and O–H groups in total. The number of carbonyl (C=O) groups is 1. The van der Waals surface area contributed by atoms with Crippen molar-refractivity contribution in [3.05, 3.63) is 17.7 Å². The molecule has 0 aromatic heterocycles. The third-order valence-corrected chi connectivity index (χ3v) is 2.04. The molecule has 0 spiro atoms. The van der Waals surface area contributed by atoms with Gasteiger partial charge in [-0.05, 0) is 19.1 Å². The van der Waals surface area contributed by atoms with Gasteiger partial charge in [-0.3, -0.25) is 4.79 Å². The molecule has 5 heteroatoms. The van der Waals surface area contributed by atoms with Crippen molar-refractivity contribution >= 4 is 11.7 Å². The van der Waals surface area contributed by atoms with Crippen molar-refractivity contribution in [1.82, 2.24) is 0 Å². The van der Waals surface area contributed by atoms with E-state index in [0.29, 0.717) is 0 Å². The topological polar surface area (TPSA) is 104 Å². The van der Waals surface area contributed by atoms with E-state index in [1.54, 1.807) is 0 Å². The zero-order chi connectivity index (χ0) is 10.9. The average Bonchev–Trinajstić information content (AvgIpc) is 2.12. The molecule has 1 unspecified atom stereocenters. The summed E-state index contributed by atoms with van der Waals surface area (Å²) in [5.41, 5.74) is 5.39. The van der Waals surface area contributed by atoms with Gasteiger partial charge in [-0.15, -0.1) is 0 Å². The Kier molecular flexibility index (Phi) is 2.51. The van der Waals surface area contributed by atoms with Crippen molar-refractivity contribution in [3.8, 4) is 11.5 Å². The van der Waals surface area contributed by atoms with Gasteiger partial charge >= 0.3 is 5.97 Å². The van der Waals surface area contributed by atoms with Crippen LogP contribution < -0.4 is 5.73 Å². The SMILES string of the molecule is CC(C(=O)O)c1c(O)ccc(O)c1N. The molecule has 0 saturated heterocycles. The van der Waals surface area contributed by atoms with E-state index in [0.717, 1.165) is 0 Å². The first-order valence-electron chi connectivity index (χ1n) is 3.98. The summed E-state index contributed by atoms with van der Waals surface area (Å²) in [5, 5.41) is 27.3. The summed E-state index contributed by atoms with van der Waals surface area (Å²) in [4.78, 5) is 10.7. The van der Waals surface area contributed by atoms with Crippen LogP contribution in [0.15, 0.2) is 12.1 Å². The largest absolute Gasteiger partial charge is 0.508 e. The Morgan fingerprint density at radius 1 is 1.36 bits per heavy atom. The van der Waals surface area contributed by atoms with Crippen molar-refractivity contribution in [2.75, 3.05) is 5.73 Å². The molecule has 0 aliphatic rings. The van der Waals surface area contributed by atoms with Crippen LogP contribution in [0.5, 0.6) is 11.5 Å². The monoisotopic (exact) mass is 197 g/mol. The lowest BCUT2D eigenvalue weighted by Gasteiger charge is -2.12. The predicted octanol–water partition coefficient (Wildman–Crippen LogP) is 0.868. The van der Waals surface area contributed by atoms with E-state index in [1.807, 2.05) is 0 Å². The molecule has 14 heavy (non-hydrogen) atoms. The number of hydrogen-bond donors (Lipinski definition) is 4. The maximum atomic E-state index is 10.7. The Balaban J connectivity index is 3.32. The lowest BCUT2D eigenvalue weighted by Crippen LogP contribution is -2.10. The molecule has 76 valence electrons. The van der Waals surface area contributed by atoms with Gasteiger partial charge in [0, 0.05) is 5.56 Å². The minimum Gasteiger partial charge on any atom is -0.508 e. The lowest BCUT2D eigenvalue weighted by atomic mass is 9.98. The fourth-order valence-corrected chi connectivity index (χ4v) is 1.19. The second kappa shape index (κ2) is 3.45. The first-order chi connectivity index (χ1) is 6.45. The minimum absolute atomic E-state index is 0.0394. The molecular weight excluding hydrogens is 186 g/mol. The minimum atomic E-state index is -1.11. The van der Waals surface area contributed by atoms with Gasteiger partial charge in [-0.25, -0.2) is 0 Å². The van der Waals surface area contributed by atoms with E-state index >= 15 is 0 Å². The number of anilines is 1. The van der Waals surface area contributed by atoms with E-state index in [2.05, 4.69) is 0 Å². The van der Waals surface area contributed by atoms with Crippen LogP contribution >= 0.6 is 0 Å². The van der Waals surface area contributed by atoms with Crippen LogP contribution in [0.3, 0.4) is 0 Å². The first kappa shape index (κ1) is 10.2. The second-order valence-electron chi connectivity index (χ2n) is 2.99. The van der Waals surface area contributed by atoms with Crippen molar-refractivity contribution < 1.29 is 20.1 Å². The van der Waals surface area contributed by atoms with Gasteiger partial charge in [0.15, 0.2) is 0 Å². The van der Waals surface area contributed by atoms with Gasteiger partial charge in [0.2, 0.25) is 0 Å². The molecule has 0 saturated carbocycles. The number of aromatic hydroxyl groups is 2. The number of phenolic OH excluding ortho intramolecular Hbond substituents is 2. The van der Waals surface area contributed by atoms with Crippen LogP contribution in [0.1, 0.15) is 18.4 Å². The average molecular weight is 197 g/mol. The van der Waals surface area contributed by atoms with Crippen LogP contribution in [-0.2, 0) is 4.79 Å². The number of phenols is 2. The zero-order valence-electron chi connectivity index (χ0n) is 7.56. The Bertz CT molecular complexity index is 375. The van der Waals surface area contributed by atoms with E-state index < -0.39 is 11.9 Å². The van der Waals surface area contributed by atoms with Crippen molar-refractivity contribution in [2.24, 2.45) is 0 Å². The maximum absolute atomic E-state index is 10.7. The maximum Gasteiger partial charge on any atom is 0.310 e. The zero-order valence-corrected chi connectivity index (χ0v) is 7.56. The summed E-state index contributed by atoms with van der Waals surface area (Å²) in [6.45, 7) is 1.38. The number of carboxylic acids is 1. The van der Waals surface area contributed by atoms with Gasteiger partial charge < -0.3 is 21.1 Å². The smallest absolute Gasteiger partial charge is 0.310 e. The first-order valence-corrected chi connectivity index (χ1v) is 3.98. The Morgan fingerprint density at radius 3 is 2.36 bits per heavy atom. The molecule has 1 atom stereocenters. The molecule has 5 nitrogen and oxygen atoms in total. The van der Waals surface area contributed by atoms with Gasteiger partial charge in [-0.1, -0.05) is 0 Å². The lowest BCUT2D eigenvalue weighted by molar-refractivity contribution is -0.138. The number of carboxylic acid groups (broad SMARTS) is 1. The molecule has 0 heterocycles. The summed E-state index contributed by atoms with van der Waals surface area (Å²) >= 11 is 0. The highest BCUT2D eigenvalue weighted by molar-refractivity contribution is 5.81. The molecule has 0 fully saturated rings. The number of hydrogen-bond acceptors (Lipinski definition) is 4. The quantitative estimate of drug-likeness (QED) is 0.320. The summed E-state index contributed by atoms with van der Waals surface area (Å²) in [7, 11) is 0. The highest BCUT2D eigenvalue weighted by Gasteiger charge is 2.21. The van der Waals surface area contributed by atoms with Crippen LogP contribution in [0, 0.1) is 0 Å². The second-order valence-corrected chi connectivity index (χ2v) is 2.99. The molecule has 0 aliphatic heterocycles. The molecule has 0 amide bonds. The Morgan fingerprint density at radius 2 is 1.86 bits per heavy atom. The molecule has 0 bridgehead atoms. The Hall–Kier alpha value is -1.91. The van der Waals surface area contributed by atoms with Crippen LogP contribution in [0.2, 0.25) is 0 Å². The van der Waals surface area contributed by atoms with Gasteiger partial charge in [0.25, 0.3) is 0 Å².